The zero-order valence-corrected chi connectivity index (χ0v) is 19.1. The molecule has 0 fully saturated rings. The van der Waals surface area contributed by atoms with Crippen molar-refractivity contribution in [2.24, 2.45) is 11.1 Å². The van der Waals surface area contributed by atoms with Gasteiger partial charge in [-0.3, -0.25) is 9.69 Å². The smallest absolute Gasteiger partial charge is 0.338 e. The number of nitrogens with zero attached hydrogens (tertiary/aromatic N) is 1. The summed E-state index contributed by atoms with van der Waals surface area (Å²) in [6, 6.07) is 13.3. The van der Waals surface area contributed by atoms with Gasteiger partial charge in [0.05, 0.1) is 31.4 Å². The number of ether oxygens (including phenoxy) is 2. The molecule has 0 saturated carbocycles. The molecule has 4 rings (SSSR count). The van der Waals surface area contributed by atoms with E-state index in [2.05, 4.69) is 0 Å². The van der Waals surface area contributed by atoms with Crippen LogP contribution in [0.25, 0.3) is 0 Å². The number of hydrogen-bond acceptors (Lipinski definition) is 6. The Labute approximate surface area is 192 Å². The number of para-hydroxylation sites is 1. The molecule has 1 aliphatic heterocycles. The Kier molecular flexibility index (Phi) is 5.74. The fraction of sp³-hybridized carbons (Fsp3) is 0.308. The summed E-state index contributed by atoms with van der Waals surface area (Å²) in [5.41, 5.74) is 8.28. The molecule has 6 nitrogen and oxygen atoms in total. The number of nitrogens with two attached hydrogens (primary N) is 1. The summed E-state index contributed by atoms with van der Waals surface area (Å²) in [7, 11) is 2.82. The third-order valence-electron chi connectivity index (χ3n) is 6.21. The van der Waals surface area contributed by atoms with Crippen molar-refractivity contribution in [3.63, 3.8) is 0 Å². The second-order valence-corrected chi connectivity index (χ2v) is 9.08. The van der Waals surface area contributed by atoms with Crippen LogP contribution in [0.4, 0.5) is 10.1 Å². The average Bonchev–Trinajstić information content (AvgIpc) is 2.78. The normalized spacial score (nSPS) is 20.0. The van der Waals surface area contributed by atoms with Crippen molar-refractivity contribution in [3.05, 3.63) is 82.6 Å². The summed E-state index contributed by atoms with van der Waals surface area (Å²) in [6.07, 6.45) is 0.794. The molecule has 0 spiro atoms. The fourth-order valence-corrected chi connectivity index (χ4v) is 4.76. The molecule has 0 saturated heterocycles. The van der Waals surface area contributed by atoms with Crippen LogP contribution in [0.1, 0.15) is 38.2 Å². The lowest BCUT2D eigenvalue weighted by Gasteiger charge is -2.44. The van der Waals surface area contributed by atoms with E-state index in [1.54, 1.807) is 49.6 Å². The van der Waals surface area contributed by atoms with E-state index in [0.29, 0.717) is 35.4 Å². The number of carbonyl (C=O) groups is 2. The molecular weight excluding hydrogens is 423 g/mol. The van der Waals surface area contributed by atoms with E-state index in [1.165, 1.54) is 18.1 Å². The molecule has 1 aliphatic carbocycles. The summed E-state index contributed by atoms with van der Waals surface area (Å²) < 4.78 is 25.3. The Morgan fingerprint density at radius 3 is 2.36 bits per heavy atom. The van der Waals surface area contributed by atoms with Crippen LogP contribution in [0.15, 0.2) is 71.2 Å². The van der Waals surface area contributed by atoms with Gasteiger partial charge in [0, 0.05) is 17.7 Å². The van der Waals surface area contributed by atoms with Crippen molar-refractivity contribution in [2.75, 3.05) is 19.1 Å². The summed E-state index contributed by atoms with van der Waals surface area (Å²) in [6.45, 7) is 3.98. The van der Waals surface area contributed by atoms with E-state index in [4.69, 9.17) is 15.2 Å². The second-order valence-electron chi connectivity index (χ2n) is 9.08. The molecule has 1 unspecified atom stereocenters. The molecule has 0 radical (unpaired) electrons. The van der Waals surface area contributed by atoms with Crippen LogP contribution in [-0.2, 0) is 14.3 Å². The predicted molar refractivity (Wildman–Crippen MR) is 123 cm³/mol. The monoisotopic (exact) mass is 450 g/mol. The van der Waals surface area contributed by atoms with Crippen molar-refractivity contribution in [1.29, 1.82) is 0 Å². The molecule has 0 aromatic heterocycles. The lowest BCUT2D eigenvalue weighted by atomic mass is 9.68. The average molecular weight is 451 g/mol. The number of halogens is 1. The predicted octanol–water partition coefficient (Wildman–Crippen LogP) is 4.42. The summed E-state index contributed by atoms with van der Waals surface area (Å²) >= 11 is 0. The van der Waals surface area contributed by atoms with Gasteiger partial charge in [-0.15, -0.1) is 0 Å². The molecule has 1 atom stereocenters. The van der Waals surface area contributed by atoms with Crippen LogP contribution < -0.4 is 15.4 Å². The number of esters is 1. The van der Waals surface area contributed by atoms with Crippen molar-refractivity contribution >= 4 is 17.4 Å². The Hall–Kier alpha value is -3.61. The van der Waals surface area contributed by atoms with Gasteiger partial charge in [0.15, 0.2) is 5.78 Å². The highest BCUT2D eigenvalue weighted by molar-refractivity contribution is 6.05. The Morgan fingerprint density at radius 2 is 1.76 bits per heavy atom. The van der Waals surface area contributed by atoms with Crippen LogP contribution in [0.3, 0.4) is 0 Å². The van der Waals surface area contributed by atoms with Crippen LogP contribution in [0, 0.1) is 11.2 Å². The van der Waals surface area contributed by atoms with Crippen LogP contribution in [0.5, 0.6) is 5.75 Å². The van der Waals surface area contributed by atoms with Gasteiger partial charge in [0.1, 0.15) is 17.4 Å². The zero-order valence-electron chi connectivity index (χ0n) is 19.1. The molecule has 1 heterocycles. The van der Waals surface area contributed by atoms with Crippen LogP contribution in [0.2, 0.25) is 0 Å². The molecule has 0 bridgehead atoms. The Morgan fingerprint density at radius 1 is 1.09 bits per heavy atom. The number of hydrogen-bond donors (Lipinski definition) is 1. The SMILES string of the molecule is COC(=O)C1=C(N)N(c2ccccc2F)C2=C(C(=O)CC(C)(C)C2)C1c1ccc(OC)cc1. The first-order valence-corrected chi connectivity index (χ1v) is 10.7. The van der Waals surface area contributed by atoms with Gasteiger partial charge in [-0.05, 0) is 41.7 Å². The highest BCUT2D eigenvalue weighted by Crippen LogP contribution is 2.50. The quantitative estimate of drug-likeness (QED) is 0.695. The summed E-state index contributed by atoms with van der Waals surface area (Å²) in [4.78, 5) is 28.1. The van der Waals surface area contributed by atoms with E-state index in [0.717, 1.165) is 0 Å². The molecule has 2 aliphatic rings. The summed E-state index contributed by atoms with van der Waals surface area (Å²) in [5, 5.41) is 0. The van der Waals surface area contributed by atoms with Gasteiger partial charge in [-0.2, -0.15) is 0 Å². The molecule has 2 aromatic rings. The van der Waals surface area contributed by atoms with E-state index in [-0.39, 0.29) is 28.3 Å². The van der Waals surface area contributed by atoms with Crippen LogP contribution in [-0.4, -0.2) is 26.0 Å². The third kappa shape index (κ3) is 3.88. The number of carbonyl (C=O) groups excluding carboxylic acids is 2. The minimum absolute atomic E-state index is 0.0528. The Balaban J connectivity index is 2.03. The standard InChI is InChI=1S/C26H27FN2O4/c1-26(2)13-19-22(20(30)14-26)21(15-9-11-16(32-3)12-10-15)23(25(31)33-4)24(28)29(19)18-8-6-5-7-17(18)27/h5-12,21H,13-14,28H2,1-4H3. The third-order valence-corrected chi connectivity index (χ3v) is 6.21. The molecule has 2 N–H and O–H groups in total. The van der Waals surface area contributed by atoms with Crippen LogP contribution >= 0.6 is 0 Å². The lowest BCUT2D eigenvalue weighted by Crippen LogP contribution is -2.44. The highest BCUT2D eigenvalue weighted by atomic mass is 19.1. The fourth-order valence-electron chi connectivity index (χ4n) is 4.76. The van der Waals surface area contributed by atoms with E-state index >= 15 is 0 Å². The maximum Gasteiger partial charge on any atom is 0.338 e. The number of methoxy groups -OCH3 is 2. The number of ketones is 1. The maximum atomic E-state index is 15.0. The van der Waals surface area contributed by atoms with E-state index < -0.39 is 17.7 Å². The number of benzene rings is 2. The minimum Gasteiger partial charge on any atom is -0.497 e. The number of allylic oxidation sites excluding steroid dienone is 2. The first kappa shape index (κ1) is 22.6. The van der Waals surface area contributed by atoms with Gasteiger partial charge in [0.25, 0.3) is 0 Å². The first-order valence-electron chi connectivity index (χ1n) is 10.7. The zero-order chi connectivity index (χ0) is 23.9. The van der Waals surface area contributed by atoms with Crippen molar-refractivity contribution < 1.29 is 23.5 Å². The minimum atomic E-state index is -0.732. The van der Waals surface area contributed by atoms with E-state index in [1.807, 2.05) is 13.8 Å². The molecular formula is C26H27FN2O4. The lowest BCUT2D eigenvalue weighted by molar-refractivity contribution is -0.136. The van der Waals surface area contributed by atoms with Gasteiger partial charge < -0.3 is 15.2 Å². The van der Waals surface area contributed by atoms with Gasteiger partial charge in [-0.1, -0.05) is 38.1 Å². The molecule has 7 heteroatoms. The Bertz CT molecular complexity index is 1180. The largest absolute Gasteiger partial charge is 0.497 e. The van der Waals surface area contributed by atoms with E-state index in [9.17, 15) is 14.0 Å². The maximum absolute atomic E-state index is 15.0. The number of rotatable bonds is 4. The van der Waals surface area contributed by atoms with Crippen molar-refractivity contribution in [3.8, 4) is 5.75 Å². The number of Topliss-reactive ketones (excluding diaryl/α,β-unsaturated/α-hetero) is 1. The van der Waals surface area contributed by atoms with Gasteiger partial charge >= 0.3 is 5.97 Å². The number of anilines is 1. The molecule has 2 aromatic carbocycles. The molecule has 33 heavy (non-hydrogen) atoms. The topological polar surface area (TPSA) is 81.9 Å². The first-order chi connectivity index (χ1) is 15.7. The van der Waals surface area contributed by atoms with Gasteiger partial charge in [-0.25, -0.2) is 9.18 Å². The van der Waals surface area contributed by atoms with Crippen molar-refractivity contribution in [2.45, 2.75) is 32.6 Å². The van der Waals surface area contributed by atoms with Crippen molar-refractivity contribution in [1.82, 2.24) is 0 Å². The second kappa shape index (κ2) is 8.39. The summed E-state index contributed by atoms with van der Waals surface area (Å²) in [5.74, 6) is -1.31. The molecule has 172 valence electrons. The highest BCUT2D eigenvalue weighted by Gasteiger charge is 2.46. The molecule has 0 amide bonds. The van der Waals surface area contributed by atoms with Gasteiger partial charge in [0.2, 0.25) is 0 Å².